The van der Waals surface area contributed by atoms with Crippen LogP contribution in [0.15, 0.2) is 36.0 Å². The second kappa shape index (κ2) is 3.96. The van der Waals surface area contributed by atoms with E-state index in [4.69, 9.17) is 0 Å². The van der Waals surface area contributed by atoms with Gasteiger partial charge < -0.3 is 0 Å². The topological polar surface area (TPSA) is 30.2 Å². The van der Waals surface area contributed by atoms with Crippen LogP contribution in [0.2, 0.25) is 0 Å². The summed E-state index contributed by atoms with van der Waals surface area (Å²) in [5.41, 5.74) is 5.29. The highest BCUT2D eigenvalue weighted by Gasteiger charge is 2.06. The van der Waals surface area contributed by atoms with E-state index in [2.05, 4.69) is 48.2 Å². The average Bonchev–Trinajstić information content (AvgIpc) is 2.89. The van der Waals surface area contributed by atoms with Crippen molar-refractivity contribution < 1.29 is 0 Å². The first-order valence-electron chi connectivity index (χ1n) is 5.63. The summed E-state index contributed by atoms with van der Waals surface area (Å²) in [7, 11) is 0. The van der Waals surface area contributed by atoms with Crippen molar-refractivity contribution in [2.24, 2.45) is 0 Å². The Morgan fingerprint density at radius 2 is 1.94 bits per heavy atom. The van der Waals surface area contributed by atoms with Crippen LogP contribution in [0.1, 0.15) is 25.3 Å². The van der Waals surface area contributed by atoms with Gasteiger partial charge in [0.2, 0.25) is 4.96 Å². The number of aromatic nitrogens is 3. The smallest absolute Gasteiger partial charge is 0.212 e. The first kappa shape index (κ1) is 10.5. The van der Waals surface area contributed by atoms with Crippen molar-refractivity contribution in [1.29, 1.82) is 0 Å². The highest BCUT2D eigenvalue weighted by molar-refractivity contribution is 7.14. The number of rotatable bonds is 2. The van der Waals surface area contributed by atoms with Gasteiger partial charge in [-0.25, -0.2) is 9.50 Å². The molecule has 0 aliphatic carbocycles. The fourth-order valence-corrected chi connectivity index (χ4v) is 2.42. The van der Waals surface area contributed by atoms with Gasteiger partial charge in [0.25, 0.3) is 0 Å². The summed E-state index contributed by atoms with van der Waals surface area (Å²) in [6, 6.07) is 8.59. The van der Waals surface area contributed by atoms with Crippen LogP contribution in [0.5, 0.6) is 0 Å². The van der Waals surface area contributed by atoms with E-state index in [9.17, 15) is 0 Å². The number of nitrogens with zero attached hydrogens (tertiary/aromatic N) is 3. The number of benzene rings is 1. The largest absolute Gasteiger partial charge is 0.217 e. The first-order chi connectivity index (χ1) is 8.24. The molecular weight excluding hydrogens is 230 g/mol. The monoisotopic (exact) mass is 243 g/mol. The average molecular weight is 243 g/mol. The first-order valence-corrected chi connectivity index (χ1v) is 6.51. The Balaban J connectivity index is 2.01. The molecule has 0 N–H and O–H groups in total. The molecule has 0 atom stereocenters. The van der Waals surface area contributed by atoms with Gasteiger partial charge in [-0.1, -0.05) is 49.4 Å². The Morgan fingerprint density at radius 1 is 1.18 bits per heavy atom. The van der Waals surface area contributed by atoms with Crippen molar-refractivity contribution in [2.45, 2.75) is 19.8 Å². The van der Waals surface area contributed by atoms with E-state index in [1.165, 1.54) is 5.56 Å². The minimum absolute atomic E-state index is 0.566. The van der Waals surface area contributed by atoms with Gasteiger partial charge in [-0.05, 0) is 11.5 Å². The maximum Gasteiger partial charge on any atom is 0.212 e. The molecule has 86 valence electrons. The third-order valence-electron chi connectivity index (χ3n) is 2.86. The van der Waals surface area contributed by atoms with Crippen LogP contribution in [0, 0.1) is 0 Å². The molecule has 3 nitrogen and oxygen atoms in total. The quantitative estimate of drug-likeness (QED) is 0.688. The van der Waals surface area contributed by atoms with Gasteiger partial charge in [-0.2, -0.15) is 5.10 Å². The molecule has 0 unspecified atom stereocenters. The van der Waals surface area contributed by atoms with Crippen LogP contribution in [-0.2, 0) is 0 Å². The molecule has 4 heteroatoms. The Kier molecular flexibility index (Phi) is 2.44. The van der Waals surface area contributed by atoms with Crippen LogP contribution in [0.3, 0.4) is 0 Å². The summed E-state index contributed by atoms with van der Waals surface area (Å²) in [6.07, 6.45) is 1.97. The van der Waals surface area contributed by atoms with Gasteiger partial charge in [0.1, 0.15) is 5.51 Å². The Hall–Kier alpha value is -1.68. The van der Waals surface area contributed by atoms with Gasteiger partial charge in [0, 0.05) is 5.56 Å². The van der Waals surface area contributed by atoms with Gasteiger partial charge in [-0.3, -0.25) is 0 Å². The van der Waals surface area contributed by atoms with Crippen molar-refractivity contribution in [1.82, 2.24) is 14.6 Å². The number of imidazole rings is 1. The van der Waals surface area contributed by atoms with Crippen molar-refractivity contribution in [3.63, 3.8) is 0 Å². The van der Waals surface area contributed by atoms with Gasteiger partial charge in [0.05, 0.1) is 11.9 Å². The predicted octanol–water partition coefficient (Wildman–Crippen LogP) is 3.58. The molecule has 0 spiro atoms. The molecule has 0 saturated carbocycles. The molecule has 2 aromatic heterocycles. The molecule has 17 heavy (non-hydrogen) atoms. The molecule has 3 aromatic rings. The molecule has 1 aromatic carbocycles. The normalized spacial score (nSPS) is 11.5. The zero-order valence-corrected chi connectivity index (χ0v) is 10.6. The third kappa shape index (κ3) is 1.85. The van der Waals surface area contributed by atoms with E-state index in [0.717, 1.165) is 16.2 Å². The zero-order chi connectivity index (χ0) is 11.8. The molecule has 3 rings (SSSR count). The molecule has 0 aliphatic heterocycles. The molecule has 0 radical (unpaired) electrons. The summed E-state index contributed by atoms with van der Waals surface area (Å²) in [5.74, 6) is 0.566. The summed E-state index contributed by atoms with van der Waals surface area (Å²) in [6.45, 7) is 4.40. The van der Waals surface area contributed by atoms with E-state index in [0.29, 0.717) is 5.92 Å². The van der Waals surface area contributed by atoms with Crippen LogP contribution < -0.4 is 0 Å². The van der Waals surface area contributed by atoms with Crippen LogP contribution >= 0.6 is 11.3 Å². The Morgan fingerprint density at radius 3 is 2.59 bits per heavy atom. The lowest BCUT2D eigenvalue weighted by Gasteiger charge is -2.05. The molecule has 0 bridgehead atoms. The lowest BCUT2D eigenvalue weighted by molar-refractivity contribution is 0.867. The molecular formula is C13H13N3S. The minimum Gasteiger partial charge on any atom is -0.217 e. The summed E-state index contributed by atoms with van der Waals surface area (Å²) >= 11 is 1.55. The van der Waals surface area contributed by atoms with Crippen LogP contribution in [0.25, 0.3) is 16.2 Å². The zero-order valence-electron chi connectivity index (χ0n) is 9.79. The maximum absolute atomic E-state index is 4.54. The van der Waals surface area contributed by atoms with E-state index < -0.39 is 0 Å². The van der Waals surface area contributed by atoms with E-state index >= 15 is 0 Å². The van der Waals surface area contributed by atoms with E-state index in [1.807, 2.05) is 10.7 Å². The molecule has 2 heterocycles. The highest BCUT2D eigenvalue weighted by Crippen LogP contribution is 2.23. The molecule has 0 saturated heterocycles. The molecule has 0 fully saturated rings. The fourth-order valence-electron chi connectivity index (χ4n) is 1.82. The summed E-state index contributed by atoms with van der Waals surface area (Å²) in [5, 5.41) is 4.18. The molecule has 0 aliphatic rings. The SMILES string of the molecule is CC(C)c1ccc(-c2cn3ncsc3n2)cc1. The Labute approximate surface area is 104 Å². The third-order valence-corrected chi connectivity index (χ3v) is 3.55. The number of hydrogen-bond acceptors (Lipinski definition) is 3. The second-order valence-corrected chi connectivity index (χ2v) is 5.18. The predicted molar refractivity (Wildman–Crippen MR) is 70.4 cm³/mol. The van der Waals surface area contributed by atoms with Crippen molar-refractivity contribution in [2.75, 3.05) is 0 Å². The summed E-state index contributed by atoms with van der Waals surface area (Å²) in [4.78, 5) is 5.47. The van der Waals surface area contributed by atoms with Crippen molar-refractivity contribution in [3.05, 3.63) is 41.5 Å². The molecule has 0 amide bonds. The Bertz CT molecular complexity index is 606. The van der Waals surface area contributed by atoms with Crippen molar-refractivity contribution in [3.8, 4) is 11.3 Å². The van der Waals surface area contributed by atoms with Gasteiger partial charge >= 0.3 is 0 Å². The minimum atomic E-state index is 0.566. The summed E-state index contributed by atoms with van der Waals surface area (Å²) < 4.78 is 1.82. The van der Waals surface area contributed by atoms with Gasteiger partial charge in [-0.15, -0.1) is 0 Å². The van der Waals surface area contributed by atoms with Crippen LogP contribution in [0.4, 0.5) is 0 Å². The standard InChI is InChI=1S/C13H13N3S/c1-9(2)10-3-5-11(6-4-10)12-7-16-13(15-12)17-8-14-16/h3-9H,1-2H3. The van der Waals surface area contributed by atoms with Crippen LogP contribution in [-0.4, -0.2) is 14.6 Å². The lowest BCUT2D eigenvalue weighted by atomic mass is 10.0. The van der Waals surface area contributed by atoms with Crippen molar-refractivity contribution >= 4 is 16.3 Å². The van der Waals surface area contributed by atoms with E-state index in [-0.39, 0.29) is 0 Å². The fraction of sp³-hybridized carbons (Fsp3) is 0.231. The lowest BCUT2D eigenvalue weighted by Crippen LogP contribution is -1.86. The second-order valence-electron chi connectivity index (χ2n) is 4.37. The number of hydrogen-bond donors (Lipinski definition) is 0. The van der Waals surface area contributed by atoms with Gasteiger partial charge in [0.15, 0.2) is 0 Å². The highest BCUT2D eigenvalue weighted by atomic mass is 32.1. The number of fused-ring (bicyclic) bond motifs is 1. The maximum atomic E-state index is 4.54. The van der Waals surface area contributed by atoms with E-state index in [1.54, 1.807) is 16.8 Å².